The SMILES string of the molecule is CCCC1=C(c2ccc(C)cc2)SC2N=CN=C(OC)C12. The monoisotopic (exact) mass is 300 g/mol. The highest BCUT2D eigenvalue weighted by molar-refractivity contribution is 8.09. The second-order valence-electron chi connectivity index (χ2n) is 5.39. The Morgan fingerprint density at radius 1 is 1.24 bits per heavy atom. The molecule has 1 aromatic rings. The molecule has 2 heterocycles. The number of thioether (sulfide) groups is 1. The molecule has 0 amide bonds. The van der Waals surface area contributed by atoms with Crippen molar-refractivity contribution in [2.45, 2.75) is 32.1 Å². The van der Waals surface area contributed by atoms with Crippen LogP contribution < -0.4 is 0 Å². The van der Waals surface area contributed by atoms with Crippen LogP contribution in [0.5, 0.6) is 0 Å². The Labute approximate surface area is 130 Å². The molecule has 2 unspecified atom stereocenters. The molecular formula is C17H20N2OS. The molecule has 0 spiro atoms. The average Bonchev–Trinajstić information content (AvgIpc) is 2.87. The van der Waals surface area contributed by atoms with Gasteiger partial charge in [-0.25, -0.2) is 4.99 Å². The molecular weight excluding hydrogens is 280 g/mol. The molecule has 0 bridgehead atoms. The number of hydrogen-bond donors (Lipinski definition) is 0. The van der Waals surface area contributed by atoms with Gasteiger partial charge in [-0.1, -0.05) is 54.9 Å². The molecule has 0 aliphatic carbocycles. The Kier molecular flexibility index (Phi) is 4.15. The van der Waals surface area contributed by atoms with E-state index < -0.39 is 0 Å². The molecule has 0 fully saturated rings. The molecule has 2 aliphatic heterocycles. The first-order chi connectivity index (χ1) is 10.2. The van der Waals surface area contributed by atoms with Crippen LogP contribution in [-0.2, 0) is 4.74 Å². The molecule has 110 valence electrons. The highest BCUT2D eigenvalue weighted by Crippen LogP contribution is 2.50. The summed E-state index contributed by atoms with van der Waals surface area (Å²) in [6, 6.07) is 8.75. The van der Waals surface area contributed by atoms with Gasteiger partial charge in [0.1, 0.15) is 11.7 Å². The number of aliphatic imine (C=N–C) groups is 2. The predicted molar refractivity (Wildman–Crippen MR) is 90.8 cm³/mol. The third-order valence-corrected chi connectivity index (χ3v) is 5.27. The number of methoxy groups -OCH3 is 1. The van der Waals surface area contributed by atoms with Gasteiger partial charge in [-0.15, -0.1) is 0 Å². The number of rotatable bonds is 3. The van der Waals surface area contributed by atoms with Crippen LogP contribution in [0.4, 0.5) is 0 Å². The lowest BCUT2D eigenvalue weighted by molar-refractivity contribution is 0.371. The summed E-state index contributed by atoms with van der Waals surface area (Å²) in [5.74, 6) is 0.995. The summed E-state index contributed by atoms with van der Waals surface area (Å²) in [5.41, 5.74) is 4.00. The quantitative estimate of drug-likeness (QED) is 0.835. The van der Waals surface area contributed by atoms with Gasteiger partial charge in [0.15, 0.2) is 5.90 Å². The fraction of sp³-hybridized carbons (Fsp3) is 0.412. The molecule has 0 saturated carbocycles. The molecule has 3 rings (SSSR count). The van der Waals surface area contributed by atoms with Crippen molar-refractivity contribution in [3.05, 3.63) is 41.0 Å². The molecule has 2 atom stereocenters. The van der Waals surface area contributed by atoms with Crippen LogP contribution in [-0.4, -0.2) is 24.7 Å². The van der Waals surface area contributed by atoms with Gasteiger partial charge in [-0.05, 0) is 24.5 Å². The molecule has 0 aromatic heterocycles. The van der Waals surface area contributed by atoms with Crippen molar-refractivity contribution in [1.29, 1.82) is 0 Å². The Morgan fingerprint density at radius 3 is 2.67 bits per heavy atom. The first-order valence-electron chi connectivity index (χ1n) is 7.34. The summed E-state index contributed by atoms with van der Waals surface area (Å²) in [6.45, 7) is 4.33. The van der Waals surface area contributed by atoms with E-state index in [0.717, 1.165) is 18.7 Å². The number of hydrogen-bond acceptors (Lipinski definition) is 4. The highest BCUT2D eigenvalue weighted by atomic mass is 32.2. The summed E-state index contributed by atoms with van der Waals surface area (Å²) in [7, 11) is 1.70. The molecule has 4 heteroatoms. The molecule has 2 aliphatic rings. The van der Waals surface area contributed by atoms with Gasteiger partial charge in [0.05, 0.1) is 13.0 Å². The largest absolute Gasteiger partial charge is 0.484 e. The van der Waals surface area contributed by atoms with Crippen molar-refractivity contribution in [1.82, 2.24) is 0 Å². The van der Waals surface area contributed by atoms with Gasteiger partial charge in [0.2, 0.25) is 0 Å². The van der Waals surface area contributed by atoms with E-state index in [2.05, 4.69) is 48.1 Å². The van der Waals surface area contributed by atoms with Crippen molar-refractivity contribution in [3.8, 4) is 0 Å². The van der Waals surface area contributed by atoms with Gasteiger partial charge in [0.25, 0.3) is 0 Å². The van der Waals surface area contributed by atoms with Crippen molar-refractivity contribution in [3.63, 3.8) is 0 Å². The molecule has 0 N–H and O–H groups in total. The molecule has 21 heavy (non-hydrogen) atoms. The van der Waals surface area contributed by atoms with E-state index in [0.29, 0.717) is 0 Å². The minimum Gasteiger partial charge on any atom is -0.484 e. The predicted octanol–water partition coefficient (Wildman–Crippen LogP) is 4.28. The number of benzene rings is 1. The Hall–Kier alpha value is -1.55. The molecule has 1 aromatic carbocycles. The van der Waals surface area contributed by atoms with Crippen LogP contribution in [0, 0.1) is 12.8 Å². The molecule has 0 saturated heterocycles. The number of nitrogens with zero attached hydrogens (tertiary/aromatic N) is 2. The zero-order chi connectivity index (χ0) is 14.8. The van der Waals surface area contributed by atoms with Gasteiger partial charge in [-0.3, -0.25) is 4.99 Å². The van der Waals surface area contributed by atoms with Crippen LogP contribution in [0.3, 0.4) is 0 Å². The van der Waals surface area contributed by atoms with E-state index in [9.17, 15) is 0 Å². The van der Waals surface area contributed by atoms with E-state index in [1.54, 1.807) is 13.4 Å². The van der Waals surface area contributed by atoms with Crippen molar-refractivity contribution >= 4 is 28.9 Å². The highest BCUT2D eigenvalue weighted by Gasteiger charge is 2.40. The lowest BCUT2D eigenvalue weighted by Gasteiger charge is -2.21. The lowest BCUT2D eigenvalue weighted by atomic mass is 9.92. The van der Waals surface area contributed by atoms with E-state index in [4.69, 9.17) is 4.74 Å². The van der Waals surface area contributed by atoms with Gasteiger partial charge < -0.3 is 4.74 Å². The standard InChI is InChI=1S/C17H20N2OS/c1-4-5-13-14-16(20-3)18-10-19-17(14)21-15(13)12-8-6-11(2)7-9-12/h6-10,14,17H,4-5H2,1-3H3. The van der Waals surface area contributed by atoms with Crippen molar-refractivity contribution in [2.24, 2.45) is 15.9 Å². The summed E-state index contributed by atoms with van der Waals surface area (Å²) >= 11 is 1.84. The zero-order valence-electron chi connectivity index (χ0n) is 12.7. The molecule has 3 nitrogen and oxygen atoms in total. The van der Waals surface area contributed by atoms with E-state index in [-0.39, 0.29) is 11.3 Å². The topological polar surface area (TPSA) is 34.0 Å². The summed E-state index contributed by atoms with van der Waals surface area (Å²) in [6.07, 6.45) is 3.82. The van der Waals surface area contributed by atoms with Crippen LogP contribution in [0.25, 0.3) is 4.91 Å². The second kappa shape index (κ2) is 6.06. The van der Waals surface area contributed by atoms with Gasteiger partial charge >= 0.3 is 0 Å². The normalized spacial score (nSPS) is 24.0. The summed E-state index contributed by atoms with van der Waals surface area (Å²) in [5, 5.41) is 0.176. The Bertz CT molecular complexity index is 616. The third kappa shape index (κ3) is 2.64. The molecule has 0 radical (unpaired) electrons. The fourth-order valence-electron chi connectivity index (χ4n) is 2.88. The van der Waals surface area contributed by atoms with Crippen LogP contribution in [0.2, 0.25) is 0 Å². The fourth-order valence-corrected chi connectivity index (χ4v) is 4.30. The summed E-state index contributed by atoms with van der Waals surface area (Å²) < 4.78 is 5.50. The smallest absolute Gasteiger partial charge is 0.199 e. The van der Waals surface area contributed by atoms with Crippen LogP contribution in [0.1, 0.15) is 30.9 Å². The number of ether oxygens (including phenoxy) is 1. The van der Waals surface area contributed by atoms with Gasteiger partial charge in [0, 0.05) is 4.91 Å². The third-order valence-electron chi connectivity index (χ3n) is 3.90. The van der Waals surface area contributed by atoms with E-state index in [1.807, 2.05) is 11.8 Å². The van der Waals surface area contributed by atoms with Crippen LogP contribution in [0.15, 0.2) is 39.8 Å². The van der Waals surface area contributed by atoms with Crippen molar-refractivity contribution < 1.29 is 4.74 Å². The van der Waals surface area contributed by atoms with Crippen molar-refractivity contribution in [2.75, 3.05) is 7.11 Å². The Balaban J connectivity index is 2.04. The first kappa shape index (κ1) is 14.4. The average molecular weight is 300 g/mol. The number of aryl methyl sites for hydroxylation is 1. The van der Waals surface area contributed by atoms with Crippen LogP contribution >= 0.6 is 11.8 Å². The summed E-state index contributed by atoms with van der Waals surface area (Å²) in [4.78, 5) is 10.2. The van der Waals surface area contributed by atoms with E-state index >= 15 is 0 Å². The minimum absolute atomic E-state index is 0.176. The first-order valence-corrected chi connectivity index (χ1v) is 8.22. The Morgan fingerprint density at radius 2 is 2.00 bits per heavy atom. The van der Waals surface area contributed by atoms with Gasteiger partial charge in [-0.2, -0.15) is 0 Å². The zero-order valence-corrected chi connectivity index (χ0v) is 13.5. The maximum Gasteiger partial charge on any atom is 0.199 e. The van der Waals surface area contributed by atoms with E-state index in [1.165, 1.54) is 21.6 Å². The minimum atomic E-state index is 0.176. The lowest BCUT2D eigenvalue weighted by Crippen LogP contribution is -2.27. The maximum absolute atomic E-state index is 5.50. The maximum atomic E-state index is 5.50. The number of fused-ring (bicyclic) bond motifs is 1. The second-order valence-corrected chi connectivity index (χ2v) is 6.52.